The fourth-order valence-corrected chi connectivity index (χ4v) is 3.23. The molecule has 1 saturated heterocycles. The van der Waals surface area contributed by atoms with Gasteiger partial charge in [0.1, 0.15) is 5.75 Å². The lowest BCUT2D eigenvalue weighted by molar-refractivity contribution is -0.138. The van der Waals surface area contributed by atoms with Gasteiger partial charge in [-0.3, -0.25) is 4.79 Å². The fourth-order valence-electron chi connectivity index (χ4n) is 3.23. The van der Waals surface area contributed by atoms with Crippen molar-refractivity contribution in [2.45, 2.75) is 58.6 Å². The maximum Gasteiger partial charge on any atom is 0.263 e. The molecule has 1 fully saturated rings. The molecule has 0 radical (unpaired) electrons. The molecule has 0 bridgehead atoms. The summed E-state index contributed by atoms with van der Waals surface area (Å²) in [6, 6.07) is 6.23. The van der Waals surface area contributed by atoms with E-state index in [-0.39, 0.29) is 24.4 Å². The third-order valence-electron chi connectivity index (χ3n) is 4.46. The summed E-state index contributed by atoms with van der Waals surface area (Å²) in [7, 11) is 0. The molecular weight excluding hydrogens is 312 g/mol. The van der Waals surface area contributed by atoms with Gasteiger partial charge in [-0.2, -0.15) is 0 Å². The fraction of sp³-hybridized carbons (Fsp3) is 0.611. The monoisotopic (exact) mass is 340 g/mol. The molecule has 1 aromatic carbocycles. The van der Waals surface area contributed by atoms with Crippen LogP contribution in [0.4, 0.5) is 0 Å². The number of ether oxygens (including phenoxy) is 1. The van der Waals surface area contributed by atoms with E-state index in [9.17, 15) is 4.79 Å². The molecule has 0 saturated carbocycles. The van der Waals surface area contributed by atoms with Crippen LogP contribution in [0.1, 0.15) is 50.7 Å². The zero-order valence-corrected chi connectivity index (χ0v) is 15.4. The van der Waals surface area contributed by atoms with Crippen LogP contribution in [-0.2, 0) is 4.79 Å². The number of hydrogen-bond donors (Lipinski definition) is 1. The van der Waals surface area contributed by atoms with Crippen molar-refractivity contribution in [3.05, 3.63) is 29.3 Å². The molecule has 2 unspecified atom stereocenters. The Bertz CT molecular complexity index is 534. The Hall–Kier alpha value is -1.26. The first kappa shape index (κ1) is 19.8. The largest absolute Gasteiger partial charge is 0.481 e. The van der Waals surface area contributed by atoms with Crippen LogP contribution < -0.4 is 10.5 Å². The number of carbonyl (C=O) groups is 1. The lowest BCUT2D eigenvalue weighted by atomic mass is 9.98. The predicted octanol–water partition coefficient (Wildman–Crippen LogP) is 3.26. The molecule has 4 nitrogen and oxygen atoms in total. The van der Waals surface area contributed by atoms with Gasteiger partial charge >= 0.3 is 0 Å². The molecule has 1 aromatic rings. The summed E-state index contributed by atoms with van der Waals surface area (Å²) >= 11 is 0. The number of benzene rings is 1. The highest BCUT2D eigenvalue weighted by Gasteiger charge is 2.31. The number of rotatable bonds is 5. The van der Waals surface area contributed by atoms with Gasteiger partial charge in [-0.15, -0.1) is 12.4 Å². The molecule has 5 heteroatoms. The standard InChI is InChI=1S/C18H28N2O2.ClH/c1-12(2)17-8-7-16(10-13(17)3)22-14(4)18(21)20-9-5-6-15(20)11-19;/h7-8,10,12,14-15H,5-6,9,11,19H2,1-4H3;1H. The molecule has 130 valence electrons. The maximum absolute atomic E-state index is 12.5. The number of aryl methyl sites for hydroxylation is 1. The molecule has 0 aliphatic carbocycles. The van der Waals surface area contributed by atoms with Crippen LogP contribution in [0.25, 0.3) is 0 Å². The number of nitrogens with zero attached hydrogens (tertiary/aromatic N) is 1. The van der Waals surface area contributed by atoms with Crippen LogP contribution in [0.5, 0.6) is 5.75 Å². The Labute approximate surface area is 145 Å². The van der Waals surface area contributed by atoms with Gasteiger partial charge in [0.25, 0.3) is 5.91 Å². The predicted molar refractivity (Wildman–Crippen MR) is 96.4 cm³/mol. The van der Waals surface area contributed by atoms with Crippen molar-refractivity contribution in [2.24, 2.45) is 5.73 Å². The highest BCUT2D eigenvalue weighted by Crippen LogP contribution is 2.25. The first-order valence-electron chi connectivity index (χ1n) is 8.21. The van der Waals surface area contributed by atoms with E-state index in [4.69, 9.17) is 10.5 Å². The first-order chi connectivity index (χ1) is 10.4. The molecule has 1 aliphatic rings. The molecular formula is C18H29ClN2O2. The Morgan fingerprint density at radius 1 is 1.39 bits per heavy atom. The minimum absolute atomic E-state index is 0. The van der Waals surface area contributed by atoms with Crippen LogP contribution in [-0.4, -0.2) is 36.0 Å². The van der Waals surface area contributed by atoms with Gasteiger partial charge in [-0.05, 0) is 55.9 Å². The topological polar surface area (TPSA) is 55.6 Å². The summed E-state index contributed by atoms with van der Waals surface area (Å²) in [5.74, 6) is 1.29. The van der Waals surface area contributed by atoms with Crippen molar-refractivity contribution in [3.8, 4) is 5.75 Å². The van der Waals surface area contributed by atoms with Crippen LogP contribution in [0.15, 0.2) is 18.2 Å². The molecule has 0 aromatic heterocycles. The zero-order chi connectivity index (χ0) is 16.3. The Kier molecular flexibility index (Phi) is 7.36. The first-order valence-corrected chi connectivity index (χ1v) is 8.21. The van der Waals surface area contributed by atoms with Crippen molar-refractivity contribution >= 4 is 18.3 Å². The summed E-state index contributed by atoms with van der Waals surface area (Å²) in [6.07, 6.45) is 1.55. The van der Waals surface area contributed by atoms with Crippen molar-refractivity contribution < 1.29 is 9.53 Å². The van der Waals surface area contributed by atoms with Gasteiger partial charge in [-0.1, -0.05) is 19.9 Å². The van der Waals surface area contributed by atoms with Crippen LogP contribution in [0.3, 0.4) is 0 Å². The molecule has 2 N–H and O–H groups in total. The molecule has 2 atom stereocenters. The summed E-state index contributed by atoms with van der Waals surface area (Å²) in [4.78, 5) is 14.4. The van der Waals surface area contributed by atoms with Crippen LogP contribution in [0, 0.1) is 6.92 Å². The van der Waals surface area contributed by atoms with Crippen molar-refractivity contribution in [1.29, 1.82) is 0 Å². The van der Waals surface area contributed by atoms with E-state index in [1.807, 2.05) is 24.0 Å². The summed E-state index contributed by atoms with van der Waals surface area (Å²) < 4.78 is 5.86. The van der Waals surface area contributed by atoms with E-state index >= 15 is 0 Å². The van der Waals surface area contributed by atoms with Gasteiger partial charge in [0, 0.05) is 19.1 Å². The SMILES string of the molecule is Cc1cc(OC(C)C(=O)N2CCCC2CN)ccc1C(C)C.Cl. The summed E-state index contributed by atoms with van der Waals surface area (Å²) in [5, 5.41) is 0. The molecule has 0 spiro atoms. The Morgan fingerprint density at radius 2 is 2.09 bits per heavy atom. The van der Waals surface area contributed by atoms with Crippen molar-refractivity contribution in [1.82, 2.24) is 4.90 Å². The van der Waals surface area contributed by atoms with E-state index in [1.54, 1.807) is 0 Å². The average molecular weight is 341 g/mol. The second-order valence-corrected chi connectivity index (χ2v) is 6.50. The second kappa shape index (κ2) is 8.55. The average Bonchev–Trinajstić information content (AvgIpc) is 2.94. The molecule has 2 rings (SSSR count). The molecule has 1 aliphatic heterocycles. The number of hydrogen-bond acceptors (Lipinski definition) is 3. The van der Waals surface area contributed by atoms with Crippen LogP contribution in [0.2, 0.25) is 0 Å². The quantitative estimate of drug-likeness (QED) is 0.895. The molecule has 23 heavy (non-hydrogen) atoms. The lowest BCUT2D eigenvalue weighted by Gasteiger charge is -2.27. The second-order valence-electron chi connectivity index (χ2n) is 6.50. The maximum atomic E-state index is 12.5. The number of nitrogens with two attached hydrogens (primary N) is 1. The molecule has 1 amide bonds. The van der Waals surface area contributed by atoms with E-state index in [0.29, 0.717) is 12.5 Å². The van der Waals surface area contributed by atoms with Crippen molar-refractivity contribution in [2.75, 3.05) is 13.1 Å². The number of amides is 1. The van der Waals surface area contributed by atoms with Crippen molar-refractivity contribution in [3.63, 3.8) is 0 Å². The smallest absolute Gasteiger partial charge is 0.263 e. The Balaban J connectivity index is 0.00000264. The third-order valence-corrected chi connectivity index (χ3v) is 4.46. The number of carbonyl (C=O) groups excluding carboxylic acids is 1. The molecule has 1 heterocycles. The van der Waals surface area contributed by atoms with Gasteiger partial charge in [0.2, 0.25) is 0 Å². The van der Waals surface area contributed by atoms with Gasteiger partial charge in [0.15, 0.2) is 6.10 Å². The minimum Gasteiger partial charge on any atom is -0.481 e. The van der Waals surface area contributed by atoms with Gasteiger partial charge in [-0.25, -0.2) is 0 Å². The van der Waals surface area contributed by atoms with E-state index < -0.39 is 6.10 Å². The third kappa shape index (κ3) is 4.61. The zero-order valence-electron chi connectivity index (χ0n) is 14.5. The highest BCUT2D eigenvalue weighted by molar-refractivity contribution is 5.85. The van der Waals surface area contributed by atoms with E-state index in [1.165, 1.54) is 11.1 Å². The normalized spacial score (nSPS) is 18.7. The van der Waals surface area contributed by atoms with E-state index in [2.05, 4.69) is 26.8 Å². The lowest BCUT2D eigenvalue weighted by Crippen LogP contribution is -2.45. The summed E-state index contributed by atoms with van der Waals surface area (Å²) in [6.45, 7) is 9.57. The summed E-state index contributed by atoms with van der Waals surface area (Å²) in [5.41, 5.74) is 8.26. The number of likely N-dealkylation sites (tertiary alicyclic amines) is 1. The van der Waals surface area contributed by atoms with Gasteiger partial charge < -0.3 is 15.4 Å². The highest BCUT2D eigenvalue weighted by atomic mass is 35.5. The van der Waals surface area contributed by atoms with Crippen LogP contribution >= 0.6 is 12.4 Å². The number of halogens is 1. The van der Waals surface area contributed by atoms with Gasteiger partial charge in [0.05, 0.1) is 0 Å². The Morgan fingerprint density at radius 3 is 2.65 bits per heavy atom. The minimum atomic E-state index is -0.476. The van der Waals surface area contributed by atoms with E-state index in [0.717, 1.165) is 25.1 Å².